The van der Waals surface area contributed by atoms with Gasteiger partial charge in [0.2, 0.25) is 0 Å². The zero-order chi connectivity index (χ0) is 16.2. The van der Waals surface area contributed by atoms with Gasteiger partial charge in [-0.1, -0.05) is 12.1 Å². The summed E-state index contributed by atoms with van der Waals surface area (Å²) in [6.45, 7) is 2.93. The Balaban J connectivity index is 1.66. The van der Waals surface area contributed by atoms with E-state index in [9.17, 15) is 4.39 Å². The second-order valence-corrected chi connectivity index (χ2v) is 6.38. The summed E-state index contributed by atoms with van der Waals surface area (Å²) >= 11 is 0. The van der Waals surface area contributed by atoms with E-state index in [1.807, 2.05) is 31.7 Å². The number of ether oxygens (including phenoxy) is 1. The summed E-state index contributed by atoms with van der Waals surface area (Å²) in [5.74, 6) is 0.242. The zero-order valence-electron chi connectivity index (χ0n) is 13.8. The molecule has 0 amide bonds. The predicted molar refractivity (Wildman–Crippen MR) is 87.5 cm³/mol. The molecule has 23 heavy (non-hydrogen) atoms. The molecule has 5 heteroatoms. The fourth-order valence-corrected chi connectivity index (χ4v) is 3.43. The number of likely N-dealkylation sites (tertiary alicyclic amines) is 1. The van der Waals surface area contributed by atoms with Crippen molar-refractivity contribution in [2.75, 3.05) is 20.2 Å². The highest BCUT2D eigenvalue weighted by Crippen LogP contribution is 2.25. The van der Waals surface area contributed by atoms with Crippen LogP contribution in [-0.2, 0) is 24.8 Å². The molecule has 1 aliphatic heterocycles. The maximum atomic E-state index is 13.1. The number of aromatic nitrogens is 2. The molecule has 4 nitrogen and oxygen atoms in total. The Morgan fingerprint density at radius 3 is 2.74 bits per heavy atom. The Labute approximate surface area is 136 Å². The summed E-state index contributed by atoms with van der Waals surface area (Å²) in [5.41, 5.74) is 2.39. The van der Waals surface area contributed by atoms with Crippen LogP contribution in [0, 0.1) is 11.7 Å². The fraction of sp³-hybridized carbons (Fsp3) is 0.500. The topological polar surface area (TPSA) is 30.3 Å². The average molecular weight is 317 g/mol. The quantitative estimate of drug-likeness (QED) is 0.849. The van der Waals surface area contributed by atoms with Gasteiger partial charge in [-0.25, -0.2) is 9.37 Å². The van der Waals surface area contributed by atoms with Crippen molar-refractivity contribution in [1.29, 1.82) is 0 Å². The minimum Gasteiger partial charge on any atom is -0.381 e. The monoisotopic (exact) mass is 317 g/mol. The molecular formula is C18H24FN3O. The van der Waals surface area contributed by atoms with Crippen molar-refractivity contribution in [3.8, 4) is 0 Å². The van der Waals surface area contributed by atoms with Crippen LogP contribution in [0.3, 0.4) is 0 Å². The van der Waals surface area contributed by atoms with E-state index < -0.39 is 0 Å². The third kappa shape index (κ3) is 3.98. The average Bonchev–Trinajstić information content (AvgIpc) is 2.95. The lowest BCUT2D eigenvalue weighted by atomic mass is 9.88. The van der Waals surface area contributed by atoms with Crippen molar-refractivity contribution < 1.29 is 9.13 Å². The molecule has 3 rings (SSSR count). The van der Waals surface area contributed by atoms with Gasteiger partial charge >= 0.3 is 0 Å². The van der Waals surface area contributed by atoms with E-state index in [1.165, 1.54) is 23.4 Å². The van der Waals surface area contributed by atoms with Gasteiger partial charge in [0.15, 0.2) is 0 Å². The molecule has 0 saturated carbocycles. The Bertz CT molecular complexity index is 625. The number of hydrogen-bond acceptors (Lipinski definition) is 3. The molecule has 1 aromatic heterocycles. The van der Waals surface area contributed by atoms with Gasteiger partial charge in [-0.15, -0.1) is 0 Å². The van der Waals surface area contributed by atoms with Crippen LogP contribution in [0.15, 0.2) is 36.8 Å². The highest BCUT2D eigenvalue weighted by atomic mass is 19.1. The van der Waals surface area contributed by atoms with E-state index in [-0.39, 0.29) is 11.9 Å². The molecule has 0 radical (unpaired) electrons. The first kappa shape index (κ1) is 16.1. The second kappa shape index (κ2) is 7.23. The number of halogens is 1. The van der Waals surface area contributed by atoms with Gasteiger partial charge in [-0.2, -0.15) is 0 Å². The van der Waals surface area contributed by atoms with E-state index >= 15 is 0 Å². The summed E-state index contributed by atoms with van der Waals surface area (Å²) in [7, 11) is 3.82. The largest absolute Gasteiger partial charge is 0.381 e. The third-order valence-electron chi connectivity index (χ3n) is 4.76. The van der Waals surface area contributed by atoms with Crippen LogP contribution >= 0.6 is 0 Å². The summed E-state index contributed by atoms with van der Waals surface area (Å²) in [6.07, 6.45) is 5.98. The molecule has 0 spiro atoms. The lowest BCUT2D eigenvalue weighted by molar-refractivity contribution is -0.00896. The maximum absolute atomic E-state index is 13.1. The summed E-state index contributed by atoms with van der Waals surface area (Å²) in [4.78, 5) is 6.65. The Hall–Kier alpha value is -1.72. The van der Waals surface area contributed by atoms with Crippen LogP contribution in [0.1, 0.15) is 17.7 Å². The molecule has 2 heterocycles. The highest BCUT2D eigenvalue weighted by Gasteiger charge is 2.29. The second-order valence-electron chi connectivity index (χ2n) is 6.38. The number of rotatable bonds is 5. The van der Waals surface area contributed by atoms with Crippen molar-refractivity contribution in [1.82, 2.24) is 14.5 Å². The number of aryl methyl sites for hydroxylation is 1. The van der Waals surface area contributed by atoms with Gasteiger partial charge < -0.3 is 9.30 Å². The lowest BCUT2D eigenvalue weighted by Crippen LogP contribution is -2.44. The molecule has 1 saturated heterocycles. The standard InChI is InChI=1S/C18H24FN3O/c1-21-13-20-10-17(21)12-22-8-7-18(23-2)15(11-22)9-14-3-5-16(19)6-4-14/h3-6,10,13,15,18H,7-9,11-12H2,1-2H3/t15-,18-/m1/s1. The van der Waals surface area contributed by atoms with Crippen LogP contribution in [0.25, 0.3) is 0 Å². The van der Waals surface area contributed by atoms with E-state index in [1.54, 1.807) is 7.11 Å². The van der Waals surface area contributed by atoms with Crippen molar-refractivity contribution in [3.63, 3.8) is 0 Å². The van der Waals surface area contributed by atoms with Crippen LogP contribution < -0.4 is 0 Å². The predicted octanol–water partition coefficient (Wildman–Crippen LogP) is 2.64. The van der Waals surface area contributed by atoms with E-state index in [0.717, 1.165) is 32.5 Å². The number of benzene rings is 1. The summed E-state index contributed by atoms with van der Waals surface area (Å²) in [6, 6.07) is 6.82. The van der Waals surface area contributed by atoms with Gasteiger partial charge in [-0.3, -0.25) is 4.90 Å². The van der Waals surface area contributed by atoms with Crippen molar-refractivity contribution in [2.24, 2.45) is 13.0 Å². The highest BCUT2D eigenvalue weighted by molar-refractivity contribution is 5.17. The Kier molecular flexibility index (Phi) is 5.08. The van der Waals surface area contributed by atoms with Gasteiger partial charge in [0.1, 0.15) is 5.82 Å². The Morgan fingerprint density at radius 2 is 2.09 bits per heavy atom. The summed E-state index contributed by atoms with van der Waals surface area (Å²) in [5, 5.41) is 0. The van der Waals surface area contributed by atoms with E-state index in [4.69, 9.17) is 4.74 Å². The molecule has 124 valence electrons. The van der Waals surface area contributed by atoms with Crippen LogP contribution in [0.5, 0.6) is 0 Å². The molecule has 0 N–H and O–H groups in total. The molecule has 1 aliphatic rings. The third-order valence-corrected chi connectivity index (χ3v) is 4.76. The molecule has 0 aliphatic carbocycles. The fourth-order valence-electron chi connectivity index (χ4n) is 3.43. The van der Waals surface area contributed by atoms with Crippen molar-refractivity contribution in [3.05, 3.63) is 53.9 Å². The van der Waals surface area contributed by atoms with Crippen LogP contribution in [0.4, 0.5) is 4.39 Å². The van der Waals surface area contributed by atoms with Gasteiger partial charge in [0.05, 0.1) is 18.1 Å². The first-order valence-electron chi connectivity index (χ1n) is 8.10. The number of imidazole rings is 1. The normalized spacial score (nSPS) is 22.4. The molecular weight excluding hydrogens is 293 g/mol. The van der Waals surface area contributed by atoms with Gasteiger partial charge in [0.25, 0.3) is 0 Å². The molecule has 1 fully saturated rings. The summed E-state index contributed by atoms with van der Waals surface area (Å²) < 4.78 is 20.8. The molecule has 2 aromatic rings. The lowest BCUT2D eigenvalue weighted by Gasteiger charge is -2.38. The molecule has 0 unspecified atom stereocenters. The van der Waals surface area contributed by atoms with Crippen molar-refractivity contribution >= 4 is 0 Å². The number of piperidine rings is 1. The first-order chi connectivity index (χ1) is 11.2. The SMILES string of the molecule is CO[C@@H]1CCN(Cc2cncn2C)C[C@H]1Cc1ccc(F)cc1. The molecule has 1 aromatic carbocycles. The van der Waals surface area contributed by atoms with Crippen molar-refractivity contribution in [2.45, 2.75) is 25.5 Å². The first-order valence-corrected chi connectivity index (χ1v) is 8.10. The molecule has 2 atom stereocenters. The minimum absolute atomic E-state index is 0.182. The number of hydrogen-bond donors (Lipinski definition) is 0. The van der Waals surface area contributed by atoms with E-state index in [0.29, 0.717) is 5.92 Å². The molecule has 0 bridgehead atoms. The smallest absolute Gasteiger partial charge is 0.123 e. The minimum atomic E-state index is -0.182. The van der Waals surface area contributed by atoms with Crippen LogP contribution in [-0.4, -0.2) is 40.8 Å². The van der Waals surface area contributed by atoms with Gasteiger partial charge in [0, 0.05) is 45.9 Å². The number of methoxy groups -OCH3 is 1. The number of nitrogens with zero attached hydrogens (tertiary/aromatic N) is 3. The maximum Gasteiger partial charge on any atom is 0.123 e. The van der Waals surface area contributed by atoms with E-state index in [2.05, 4.69) is 14.5 Å². The Morgan fingerprint density at radius 1 is 1.30 bits per heavy atom. The zero-order valence-corrected chi connectivity index (χ0v) is 13.8. The van der Waals surface area contributed by atoms with Crippen LogP contribution in [0.2, 0.25) is 0 Å². The van der Waals surface area contributed by atoms with Gasteiger partial charge in [-0.05, 0) is 30.5 Å².